The van der Waals surface area contributed by atoms with E-state index in [4.69, 9.17) is 9.47 Å². The standard InChI is InChI=1S/C20H20O3/c1-4-9-22-16-7-5-15(6-8-16)12-19-20(21)17-10-13(2)14(3)11-18(17)23-19/h5-8,10-12H,4,9H2,1-3H3/b19-12-. The Morgan fingerprint density at radius 1 is 1.09 bits per heavy atom. The van der Waals surface area contributed by atoms with Gasteiger partial charge in [0.05, 0.1) is 12.2 Å². The van der Waals surface area contributed by atoms with Gasteiger partial charge in [-0.05, 0) is 67.3 Å². The lowest BCUT2D eigenvalue weighted by Gasteiger charge is -2.04. The predicted octanol–water partition coefficient (Wildman–Crippen LogP) is 4.71. The van der Waals surface area contributed by atoms with Gasteiger partial charge in [-0.15, -0.1) is 0 Å². The molecule has 0 atom stereocenters. The van der Waals surface area contributed by atoms with Gasteiger partial charge in [0.1, 0.15) is 11.5 Å². The first-order chi connectivity index (χ1) is 11.1. The number of carbonyl (C=O) groups is 1. The fourth-order valence-corrected chi connectivity index (χ4v) is 2.48. The highest BCUT2D eigenvalue weighted by molar-refractivity contribution is 6.14. The highest BCUT2D eigenvalue weighted by atomic mass is 16.5. The van der Waals surface area contributed by atoms with Crippen molar-refractivity contribution in [3.05, 3.63) is 64.4 Å². The zero-order valence-corrected chi connectivity index (χ0v) is 13.7. The summed E-state index contributed by atoms with van der Waals surface area (Å²) in [6.45, 7) is 6.79. The molecular weight excluding hydrogens is 288 g/mol. The zero-order chi connectivity index (χ0) is 16.4. The first-order valence-electron chi connectivity index (χ1n) is 7.87. The molecule has 0 unspecified atom stereocenters. The molecule has 3 nitrogen and oxygen atoms in total. The van der Waals surface area contributed by atoms with Crippen LogP contribution in [0.5, 0.6) is 11.5 Å². The zero-order valence-electron chi connectivity index (χ0n) is 13.7. The van der Waals surface area contributed by atoms with Crippen LogP contribution in [0.4, 0.5) is 0 Å². The van der Waals surface area contributed by atoms with Crippen LogP contribution >= 0.6 is 0 Å². The molecule has 0 spiro atoms. The van der Waals surface area contributed by atoms with Gasteiger partial charge in [0.2, 0.25) is 5.78 Å². The topological polar surface area (TPSA) is 35.5 Å². The molecule has 0 amide bonds. The normalized spacial score (nSPS) is 14.7. The second-order valence-electron chi connectivity index (χ2n) is 5.79. The van der Waals surface area contributed by atoms with Gasteiger partial charge in [-0.25, -0.2) is 0 Å². The Morgan fingerprint density at radius 2 is 1.78 bits per heavy atom. The number of allylic oxidation sites excluding steroid dienone is 1. The number of ketones is 1. The van der Waals surface area contributed by atoms with E-state index in [1.54, 1.807) is 6.08 Å². The summed E-state index contributed by atoms with van der Waals surface area (Å²) >= 11 is 0. The number of aryl methyl sites for hydroxylation is 2. The van der Waals surface area contributed by atoms with E-state index in [0.29, 0.717) is 23.7 Å². The Bertz CT molecular complexity index is 770. The molecule has 3 heteroatoms. The number of ether oxygens (including phenoxy) is 2. The maximum absolute atomic E-state index is 12.5. The van der Waals surface area contributed by atoms with Crippen molar-refractivity contribution in [3.8, 4) is 11.5 Å². The summed E-state index contributed by atoms with van der Waals surface area (Å²) in [5, 5.41) is 0. The van der Waals surface area contributed by atoms with Gasteiger partial charge in [0.25, 0.3) is 0 Å². The average Bonchev–Trinajstić information content (AvgIpc) is 2.83. The largest absolute Gasteiger partial charge is 0.494 e. The van der Waals surface area contributed by atoms with Crippen LogP contribution in [0, 0.1) is 13.8 Å². The number of carbonyl (C=O) groups excluding carboxylic acids is 1. The molecule has 0 aromatic heterocycles. The number of benzene rings is 2. The predicted molar refractivity (Wildman–Crippen MR) is 91.1 cm³/mol. The highest BCUT2D eigenvalue weighted by Gasteiger charge is 2.27. The van der Waals surface area contributed by atoms with Gasteiger partial charge >= 0.3 is 0 Å². The van der Waals surface area contributed by atoms with E-state index in [9.17, 15) is 4.79 Å². The smallest absolute Gasteiger partial charge is 0.231 e. The van der Waals surface area contributed by atoms with Crippen LogP contribution in [-0.2, 0) is 0 Å². The summed E-state index contributed by atoms with van der Waals surface area (Å²) in [6, 6.07) is 11.5. The van der Waals surface area contributed by atoms with E-state index in [1.807, 2.05) is 50.2 Å². The number of hydrogen-bond donors (Lipinski definition) is 0. The molecule has 118 valence electrons. The molecule has 1 aliphatic rings. The Labute approximate surface area is 136 Å². The summed E-state index contributed by atoms with van der Waals surface area (Å²) in [7, 11) is 0. The average molecular weight is 308 g/mol. The summed E-state index contributed by atoms with van der Waals surface area (Å²) < 4.78 is 11.3. The van der Waals surface area contributed by atoms with Crippen molar-refractivity contribution in [2.75, 3.05) is 6.61 Å². The minimum atomic E-state index is -0.0607. The molecule has 3 rings (SSSR count). The number of rotatable bonds is 4. The third kappa shape index (κ3) is 3.14. The first-order valence-corrected chi connectivity index (χ1v) is 7.87. The number of Topliss-reactive ketones (excluding diaryl/α,β-unsaturated/α-hetero) is 1. The van der Waals surface area contributed by atoms with Crippen LogP contribution in [-0.4, -0.2) is 12.4 Å². The van der Waals surface area contributed by atoms with Crippen LogP contribution in [0.2, 0.25) is 0 Å². The molecular formula is C20H20O3. The molecule has 2 aromatic carbocycles. The van der Waals surface area contributed by atoms with Crippen LogP contribution in [0.3, 0.4) is 0 Å². The molecule has 0 bridgehead atoms. The van der Waals surface area contributed by atoms with E-state index < -0.39 is 0 Å². The maximum Gasteiger partial charge on any atom is 0.231 e. The number of hydrogen-bond acceptors (Lipinski definition) is 3. The molecule has 1 aliphatic heterocycles. The van der Waals surface area contributed by atoms with Gasteiger partial charge < -0.3 is 9.47 Å². The Balaban J connectivity index is 1.83. The van der Waals surface area contributed by atoms with Gasteiger partial charge in [0, 0.05) is 0 Å². The van der Waals surface area contributed by atoms with Crippen molar-refractivity contribution in [2.45, 2.75) is 27.2 Å². The van der Waals surface area contributed by atoms with Gasteiger partial charge in [0.15, 0.2) is 5.76 Å². The quantitative estimate of drug-likeness (QED) is 0.767. The van der Waals surface area contributed by atoms with E-state index in [0.717, 1.165) is 28.9 Å². The third-order valence-electron chi connectivity index (χ3n) is 3.93. The van der Waals surface area contributed by atoms with Crippen LogP contribution in [0.25, 0.3) is 6.08 Å². The highest BCUT2D eigenvalue weighted by Crippen LogP contribution is 2.34. The fraction of sp³-hybridized carbons (Fsp3) is 0.250. The lowest BCUT2D eigenvalue weighted by Crippen LogP contribution is -1.98. The maximum atomic E-state index is 12.5. The van der Waals surface area contributed by atoms with Crippen LogP contribution in [0.1, 0.15) is 40.4 Å². The van der Waals surface area contributed by atoms with Crippen molar-refractivity contribution >= 4 is 11.9 Å². The van der Waals surface area contributed by atoms with E-state index in [-0.39, 0.29) is 5.78 Å². The minimum absolute atomic E-state index is 0.0607. The molecule has 0 aliphatic carbocycles. The lowest BCUT2D eigenvalue weighted by molar-refractivity contribution is 0.101. The summed E-state index contributed by atoms with van der Waals surface area (Å²) in [4.78, 5) is 12.5. The second kappa shape index (κ2) is 6.29. The molecule has 0 N–H and O–H groups in total. The lowest BCUT2D eigenvalue weighted by atomic mass is 10.0. The monoisotopic (exact) mass is 308 g/mol. The van der Waals surface area contributed by atoms with E-state index in [1.165, 1.54) is 0 Å². The molecule has 23 heavy (non-hydrogen) atoms. The summed E-state index contributed by atoms with van der Waals surface area (Å²) in [6.07, 6.45) is 2.75. The van der Waals surface area contributed by atoms with Crippen LogP contribution in [0.15, 0.2) is 42.2 Å². The van der Waals surface area contributed by atoms with Crippen molar-refractivity contribution < 1.29 is 14.3 Å². The van der Waals surface area contributed by atoms with Crippen molar-refractivity contribution in [3.63, 3.8) is 0 Å². The Kier molecular flexibility index (Phi) is 4.20. The van der Waals surface area contributed by atoms with Crippen molar-refractivity contribution in [2.24, 2.45) is 0 Å². The molecule has 0 saturated heterocycles. The van der Waals surface area contributed by atoms with Gasteiger partial charge in [-0.2, -0.15) is 0 Å². The molecule has 0 radical (unpaired) electrons. The van der Waals surface area contributed by atoms with Crippen molar-refractivity contribution in [1.29, 1.82) is 0 Å². The van der Waals surface area contributed by atoms with Gasteiger partial charge in [-0.3, -0.25) is 4.79 Å². The SMILES string of the molecule is CCCOc1ccc(/C=C2\Oc3cc(C)c(C)cc3C2=O)cc1. The number of fused-ring (bicyclic) bond motifs is 1. The second-order valence-corrected chi connectivity index (χ2v) is 5.79. The Hall–Kier alpha value is -2.55. The molecule has 0 saturated carbocycles. The first kappa shape index (κ1) is 15.3. The van der Waals surface area contributed by atoms with Gasteiger partial charge in [-0.1, -0.05) is 19.1 Å². The summed E-state index contributed by atoms with van der Waals surface area (Å²) in [5.74, 6) is 1.79. The molecule has 2 aromatic rings. The van der Waals surface area contributed by atoms with Crippen LogP contribution < -0.4 is 9.47 Å². The summed E-state index contributed by atoms with van der Waals surface area (Å²) in [5.41, 5.74) is 3.77. The minimum Gasteiger partial charge on any atom is -0.494 e. The third-order valence-corrected chi connectivity index (χ3v) is 3.93. The van der Waals surface area contributed by atoms with E-state index in [2.05, 4.69) is 6.92 Å². The molecule has 0 fully saturated rings. The molecule has 1 heterocycles. The van der Waals surface area contributed by atoms with Crippen molar-refractivity contribution in [1.82, 2.24) is 0 Å². The fourth-order valence-electron chi connectivity index (χ4n) is 2.48. The van der Waals surface area contributed by atoms with E-state index >= 15 is 0 Å². The Morgan fingerprint density at radius 3 is 2.48 bits per heavy atom.